The molecule has 158 valence electrons. The number of nitrogens with zero attached hydrogens (tertiary/aromatic N) is 3. The molecule has 1 aromatic carbocycles. The molecule has 0 fully saturated rings. The van der Waals surface area contributed by atoms with Gasteiger partial charge in [-0.25, -0.2) is 9.97 Å². The van der Waals surface area contributed by atoms with Gasteiger partial charge in [0.15, 0.2) is 0 Å². The lowest BCUT2D eigenvalue weighted by Crippen LogP contribution is -2.30. The molecule has 1 aliphatic rings. The number of thiophene rings is 1. The molecule has 9 heteroatoms. The van der Waals surface area contributed by atoms with Crippen molar-refractivity contribution in [1.82, 2.24) is 20.4 Å². The Labute approximate surface area is 182 Å². The number of carbonyl (C=O) groups excluding carboxylic acids is 1. The van der Waals surface area contributed by atoms with Crippen LogP contribution in [0.2, 0.25) is 0 Å². The molecule has 3 aromatic heterocycles. The molecule has 1 amide bonds. The Bertz CT molecular complexity index is 1220. The molecule has 1 aliphatic heterocycles. The zero-order valence-corrected chi connectivity index (χ0v) is 17.7. The minimum atomic E-state index is -0.165. The van der Waals surface area contributed by atoms with E-state index in [-0.39, 0.29) is 12.0 Å². The molecule has 0 bridgehead atoms. The summed E-state index contributed by atoms with van der Waals surface area (Å²) in [6, 6.07) is 9.87. The van der Waals surface area contributed by atoms with E-state index in [1.165, 1.54) is 29.5 Å². The highest BCUT2D eigenvalue weighted by molar-refractivity contribution is 7.20. The quantitative estimate of drug-likeness (QED) is 0.476. The molecule has 0 radical (unpaired) electrons. The minimum absolute atomic E-state index is 0.0593. The van der Waals surface area contributed by atoms with Gasteiger partial charge in [0, 0.05) is 6.07 Å². The van der Waals surface area contributed by atoms with E-state index in [9.17, 15) is 4.79 Å². The van der Waals surface area contributed by atoms with Crippen molar-refractivity contribution >= 4 is 33.3 Å². The first-order valence-electron chi connectivity index (χ1n) is 10.1. The number of amides is 1. The highest BCUT2D eigenvalue weighted by Gasteiger charge is 2.22. The lowest BCUT2D eigenvalue weighted by Gasteiger charge is -2.26. The van der Waals surface area contributed by atoms with Crippen molar-refractivity contribution in [2.75, 3.05) is 11.9 Å². The zero-order chi connectivity index (χ0) is 21.2. The molecule has 2 N–H and O–H groups in total. The van der Waals surface area contributed by atoms with Gasteiger partial charge in [-0.05, 0) is 37.0 Å². The van der Waals surface area contributed by atoms with Gasteiger partial charge >= 0.3 is 0 Å². The zero-order valence-electron chi connectivity index (χ0n) is 16.9. The molecule has 0 unspecified atom stereocenters. The van der Waals surface area contributed by atoms with Gasteiger partial charge in [-0.3, -0.25) is 4.79 Å². The monoisotopic (exact) mass is 435 g/mol. The molecule has 0 aliphatic carbocycles. The fraction of sp³-hybridized carbons (Fsp3) is 0.273. The van der Waals surface area contributed by atoms with Crippen LogP contribution in [0.5, 0.6) is 5.75 Å². The third kappa shape index (κ3) is 3.96. The highest BCUT2D eigenvalue weighted by atomic mass is 32.1. The summed E-state index contributed by atoms with van der Waals surface area (Å²) in [6.07, 6.45) is 5.00. The van der Waals surface area contributed by atoms with Crippen molar-refractivity contribution in [1.29, 1.82) is 0 Å². The molecule has 1 atom stereocenters. The van der Waals surface area contributed by atoms with Crippen molar-refractivity contribution in [2.24, 2.45) is 0 Å². The number of hydrogen-bond donors (Lipinski definition) is 2. The van der Waals surface area contributed by atoms with Gasteiger partial charge in [-0.2, -0.15) is 0 Å². The molecular weight excluding hydrogens is 414 g/mol. The number of anilines is 1. The summed E-state index contributed by atoms with van der Waals surface area (Å²) >= 11 is 1.36. The minimum Gasteiger partial charge on any atom is -0.488 e. The van der Waals surface area contributed by atoms with Crippen LogP contribution in [0.1, 0.15) is 32.9 Å². The molecule has 8 nitrogen and oxygen atoms in total. The number of hydrogen-bond acceptors (Lipinski definition) is 8. The summed E-state index contributed by atoms with van der Waals surface area (Å²) < 4.78 is 10.9. The van der Waals surface area contributed by atoms with Crippen LogP contribution in [-0.2, 0) is 13.0 Å². The number of rotatable bonds is 6. The molecule has 5 rings (SSSR count). The van der Waals surface area contributed by atoms with Crippen LogP contribution in [0.25, 0.3) is 10.2 Å². The largest absolute Gasteiger partial charge is 0.488 e. The van der Waals surface area contributed by atoms with Gasteiger partial charge in [0.05, 0.1) is 23.4 Å². The average Bonchev–Trinajstić information content (AvgIpc) is 3.44. The number of carbonyl (C=O) groups is 1. The van der Waals surface area contributed by atoms with E-state index in [0.29, 0.717) is 23.7 Å². The standard InChI is InChI=1S/C22H21N5O3S/c1-13-18-20(23-11-16-7-6-14-4-2-3-5-17(14)30-16)25-12-26-22(18)31-19(13)21(28)24-10-15-8-9-29-27-15/h2-5,8-9,12,16H,6-7,10-11H2,1H3,(H,24,28)(H,23,25,26)/t16-/m1/s1. The summed E-state index contributed by atoms with van der Waals surface area (Å²) in [5.41, 5.74) is 2.78. The Balaban J connectivity index is 1.31. The van der Waals surface area contributed by atoms with Gasteiger partial charge in [0.25, 0.3) is 5.91 Å². The van der Waals surface area contributed by atoms with Gasteiger partial charge < -0.3 is 19.9 Å². The number of ether oxygens (including phenoxy) is 1. The maximum Gasteiger partial charge on any atom is 0.262 e. The fourth-order valence-electron chi connectivity index (χ4n) is 3.74. The first-order valence-corrected chi connectivity index (χ1v) is 10.9. The van der Waals surface area contributed by atoms with Crippen LogP contribution < -0.4 is 15.4 Å². The summed E-state index contributed by atoms with van der Waals surface area (Å²) in [7, 11) is 0. The Morgan fingerprint density at radius 1 is 1.26 bits per heavy atom. The van der Waals surface area contributed by atoms with E-state index >= 15 is 0 Å². The molecule has 4 heterocycles. The van der Waals surface area contributed by atoms with E-state index in [1.54, 1.807) is 6.07 Å². The Hall–Kier alpha value is -3.46. The van der Waals surface area contributed by atoms with E-state index in [1.807, 2.05) is 25.1 Å². The van der Waals surface area contributed by atoms with Gasteiger partial charge in [-0.1, -0.05) is 23.4 Å². The Morgan fingerprint density at radius 2 is 2.16 bits per heavy atom. The molecule has 0 spiro atoms. The summed E-state index contributed by atoms with van der Waals surface area (Å²) in [5, 5.41) is 11.0. The maximum absolute atomic E-state index is 12.7. The smallest absolute Gasteiger partial charge is 0.262 e. The summed E-state index contributed by atoms with van der Waals surface area (Å²) in [6.45, 7) is 2.86. The van der Waals surface area contributed by atoms with Crippen molar-refractivity contribution in [2.45, 2.75) is 32.4 Å². The first kappa shape index (κ1) is 19.5. The predicted molar refractivity (Wildman–Crippen MR) is 117 cm³/mol. The lowest BCUT2D eigenvalue weighted by atomic mass is 10.0. The van der Waals surface area contributed by atoms with Gasteiger partial charge in [0.1, 0.15) is 40.8 Å². The van der Waals surface area contributed by atoms with Crippen molar-refractivity contribution in [3.8, 4) is 5.75 Å². The summed E-state index contributed by atoms with van der Waals surface area (Å²) in [5.74, 6) is 1.50. The molecule has 0 saturated heterocycles. The van der Waals surface area contributed by atoms with Crippen molar-refractivity contribution < 1.29 is 14.1 Å². The second kappa shape index (κ2) is 8.35. The van der Waals surface area contributed by atoms with Gasteiger partial charge in [0.2, 0.25) is 0 Å². The van der Waals surface area contributed by atoms with E-state index in [2.05, 4.69) is 31.8 Å². The topological polar surface area (TPSA) is 102 Å². The fourth-order valence-corrected chi connectivity index (χ4v) is 4.80. The third-order valence-corrected chi connectivity index (χ3v) is 6.55. The van der Waals surface area contributed by atoms with Crippen molar-refractivity contribution in [3.05, 3.63) is 64.6 Å². The average molecular weight is 436 g/mol. The number of nitrogens with one attached hydrogen (secondary N) is 2. The predicted octanol–water partition coefficient (Wildman–Crippen LogP) is 3.72. The lowest BCUT2D eigenvalue weighted by molar-refractivity contribution is 0.0953. The molecular formula is C22H21N5O3S. The van der Waals surface area contributed by atoms with Crippen LogP contribution in [0.15, 0.2) is 47.4 Å². The molecule has 31 heavy (non-hydrogen) atoms. The van der Waals surface area contributed by atoms with E-state index in [4.69, 9.17) is 9.26 Å². The van der Waals surface area contributed by atoms with E-state index in [0.717, 1.165) is 40.2 Å². The number of para-hydroxylation sites is 1. The first-order chi connectivity index (χ1) is 15.2. The molecule has 4 aromatic rings. The SMILES string of the molecule is Cc1c(C(=O)NCc2ccon2)sc2ncnc(NC[C@H]3CCc4ccccc4O3)c12. The van der Waals surface area contributed by atoms with Crippen LogP contribution in [-0.4, -0.2) is 33.7 Å². The molecule has 0 saturated carbocycles. The number of aromatic nitrogens is 3. The van der Waals surface area contributed by atoms with Crippen LogP contribution in [0.4, 0.5) is 5.82 Å². The summed E-state index contributed by atoms with van der Waals surface area (Å²) in [4.78, 5) is 22.9. The van der Waals surface area contributed by atoms with Crippen LogP contribution in [0.3, 0.4) is 0 Å². The normalized spacial score (nSPS) is 15.3. The number of benzene rings is 1. The van der Waals surface area contributed by atoms with E-state index < -0.39 is 0 Å². The second-order valence-electron chi connectivity index (χ2n) is 7.40. The Kier molecular flexibility index (Phi) is 5.25. The number of fused-ring (bicyclic) bond motifs is 2. The Morgan fingerprint density at radius 3 is 3.03 bits per heavy atom. The maximum atomic E-state index is 12.7. The highest BCUT2D eigenvalue weighted by Crippen LogP contribution is 2.34. The number of aryl methyl sites for hydroxylation is 2. The second-order valence-corrected chi connectivity index (χ2v) is 8.40. The van der Waals surface area contributed by atoms with Gasteiger partial charge in [-0.15, -0.1) is 11.3 Å². The van der Waals surface area contributed by atoms with Crippen molar-refractivity contribution in [3.63, 3.8) is 0 Å². The van der Waals surface area contributed by atoms with Crippen LogP contribution >= 0.6 is 11.3 Å². The van der Waals surface area contributed by atoms with Crippen LogP contribution in [0, 0.1) is 6.92 Å². The third-order valence-electron chi connectivity index (χ3n) is 5.35.